The third-order valence-electron chi connectivity index (χ3n) is 3.11. The molecule has 2 rings (SSSR count). The molecule has 0 aliphatic rings. The van der Waals surface area contributed by atoms with E-state index >= 15 is 0 Å². The first-order chi connectivity index (χ1) is 8.35. The van der Waals surface area contributed by atoms with Crippen LogP contribution in [0.4, 0.5) is 0 Å². The molecular formula is C17H19. The Morgan fingerprint density at radius 1 is 1.00 bits per heavy atom. The van der Waals surface area contributed by atoms with E-state index in [0.29, 0.717) is 0 Å². The van der Waals surface area contributed by atoms with E-state index in [0.717, 1.165) is 12.8 Å². The molecule has 0 unspecified atom stereocenters. The van der Waals surface area contributed by atoms with Gasteiger partial charge in [0.15, 0.2) is 0 Å². The topological polar surface area (TPSA) is 0 Å². The number of aryl methyl sites for hydroxylation is 2. The average molecular weight is 223 g/mol. The van der Waals surface area contributed by atoms with E-state index in [1.54, 1.807) is 0 Å². The molecule has 0 heterocycles. The highest BCUT2D eigenvalue weighted by atomic mass is 14.1. The largest absolute Gasteiger partial charge is 0.0651 e. The Balaban J connectivity index is 2.33. The minimum absolute atomic E-state index is 1.08. The zero-order valence-corrected chi connectivity index (χ0v) is 10.7. The van der Waals surface area contributed by atoms with Crippen LogP contribution in [0.25, 0.3) is 11.1 Å². The molecule has 87 valence electrons. The van der Waals surface area contributed by atoms with Crippen molar-refractivity contribution in [1.82, 2.24) is 0 Å². The van der Waals surface area contributed by atoms with E-state index in [9.17, 15) is 0 Å². The van der Waals surface area contributed by atoms with Gasteiger partial charge in [-0.15, -0.1) is 0 Å². The highest BCUT2D eigenvalue weighted by Crippen LogP contribution is 2.24. The molecule has 0 atom stereocenters. The maximum absolute atomic E-state index is 3.39. The molecule has 0 N–H and O–H groups in total. The van der Waals surface area contributed by atoms with Crippen LogP contribution in [0.1, 0.15) is 31.4 Å². The SMILES string of the molecule is CCCc1[c]cc(-c2ccccc2CC)cc1. The number of rotatable bonds is 4. The van der Waals surface area contributed by atoms with Gasteiger partial charge < -0.3 is 0 Å². The summed E-state index contributed by atoms with van der Waals surface area (Å²) in [5.74, 6) is 0. The molecule has 0 aliphatic carbocycles. The molecule has 0 amide bonds. The fraction of sp³-hybridized carbons (Fsp3) is 0.294. The van der Waals surface area contributed by atoms with Crippen LogP contribution in [-0.2, 0) is 12.8 Å². The Labute approximate surface area is 104 Å². The minimum Gasteiger partial charge on any atom is -0.0651 e. The average Bonchev–Trinajstić information content (AvgIpc) is 2.40. The van der Waals surface area contributed by atoms with Gasteiger partial charge in [0.2, 0.25) is 0 Å². The Morgan fingerprint density at radius 3 is 2.47 bits per heavy atom. The van der Waals surface area contributed by atoms with E-state index in [4.69, 9.17) is 0 Å². The molecule has 0 fully saturated rings. The van der Waals surface area contributed by atoms with Crippen molar-refractivity contribution in [1.29, 1.82) is 0 Å². The van der Waals surface area contributed by atoms with Gasteiger partial charge in [-0.1, -0.05) is 56.7 Å². The van der Waals surface area contributed by atoms with E-state index < -0.39 is 0 Å². The van der Waals surface area contributed by atoms with Crippen molar-refractivity contribution in [2.45, 2.75) is 33.1 Å². The maximum Gasteiger partial charge on any atom is -0.0143 e. The minimum atomic E-state index is 1.08. The molecule has 0 heteroatoms. The van der Waals surface area contributed by atoms with Gasteiger partial charge >= 0.3 is 0 Å². The summed E-state index contributed by atoms with van der Waals surface area (Å²) in [7, 11) is 0. The highest BCUT2D eigenvalue weighted by molar-refractivity contribution is 5.67. The number of benzene rings is 2. The van der Waals surface area contributed by atoms with Crippen molar-refractivity contribution in [2.75, 3.05) is 0 Å². The van der Waals surface area contributed by atoms with E-state index in [1.807, 2.05) is 0 Å². The summed E-state index contributed by atoms with van der Waals surface area (Å²) in [6, 6.07) is 18.5. The third kappa shape index (κ3) is 2.76. The second-order valence-corrected chi connectivity index (χ2v) is 4.36. The number of hydrogen-bond donors (Lipinski definition) is 0. The molecule has 0 spiro atoms. The predicted octanol–water partition coefficient (Wildman–Crippen LogP) is 4.67. The van der Waals surface area contributed by atoms with Crippen molar-refractivity contribution in [2.24, 2.45) is 0 Å². The first-order valence-electron chi connectivity index (χ1n) is 6.44. The zero-order chi connectivity index (χ0) is 12.1. The van der Waals surface area contributed by atoms with Gasteiger partial charge in [-0.05, 0) is 47.2 Å². The van der Waals surface area contributed by atoms with Crippen LogP contribution in [0, 0.1) is 6.07 Å². The molecule has 2 aromatic carbocycles. The lowest BCUT2D eigenvalue weighted by molar-refractivity contribution is 0.920. The quantitative estimate of drug-likeness (QED) is 0.706. The Hall–Kier alpha value is -1.56. The highest BCUT2D eigenvalue weighted by Gasteiger charge is 2.02. The molecule has 0 aliphatic heterocycles. The molecule has 0 bridgehead atoms. The van der Waals surface area contributed by atoms with E-state index in [2.05, 4.69) is 62.4 Å². The van der Waals surface area contributed by atoms with Gasteiger partial charge in [-0.3, -0.25) is 0 Å². The van der Waals surface area contributed by atoms with Crippen LogP contribution in [-0.4, -0.2) is 0 Å². The van der Waals surface area contributed by atoms with Crippen LogP contribution >= 0.6 is 0 Å². The van der Waals surface area contributed by atoms with Gasteiger partial charge in [0.25, 0.3) is 0 Å². The maximum atomic E-state index is 3.39. The van der Waals surface area contributed by atoms with Crippen LogP contribution in [0.15, 0.2) is 42.5 Å². The fourth-order valence-corrected chi connectivity index (χ4v) is 2.16. The summed E-state index contributed by atoms with van der Waals surface area (Å²) in [6.45, 7) is 4.40. The summed E-state index contributed by atoms with van der Waals surface area (Å²) in [5.41, 5.74) is 5.34. The Bertz CT molecular complexity index is 466. The van der Waals surface area contributed by atoms with Crippen LogP contribution in [0.5, 0.6) is 0 Å². The van der Waals surface area contributed by atoms with Crippen molar-refractivity contribution < 1.29 is 0 Å². The molecule has 0 nitrogen and oxygen atoms in total. The first kappa shape index (κ1) is 11.9. The second-order valence-electron chi connectivity index (χ2n) is 4.36. The van der Waals surface area contributed by atoms with Crippen molar-refractivity contribution in [3.05, 3.63) is 59.7 Å². The first-order valence-corrected chi connectivity index (χ1v) is 6.44. The molecule has 17 heavy (non-hydrogen) atoms. The summed E-state index contributed by atoms with van der Waals surface area (Å²) < 4.78 is 0. The molecule has 1 radical (unpaired) electrons. The Morgan fingerprint density at radius 2 is 1.82 bits per heavy atom. The molecular weight excluding hydrogens is 204 g/mol. The molecule has 2 aromatic rings. The van der Waals surface area contributed by atoms with Gasteiger partial charge in [0.05, 0.1) is 0 Å². The monoisotopic (exact) mass is 223 g/mol. The van der Waals surface area contributed by atoms with E-state index in [1.165, 1.54) is 28.7 Å². The Kier molecular flexibility index (Phi) is 3.98. The van der Waals surface area contributed by atoms with Crippen LogP contribution in [0.2, 0.25) is 0 Å². The van der Waals surface area contributed by atoms with Crippen molar-refractivity contribution >= 4 is 0 Å². The van der Waals surface area contributed by atoms with Gasteiger partial charge in [0.1, 0.15) is 0 Å². The molecule has 0 aromatic heterocycles. The summed E-state index contributed by atoms with van der Waals surface area (Å²) in [5, 5.41) is 0. The predicted molar refractivity (Wildman–Crippen MR) is 74.1 cm³/mol. The lowest BCUT2D eigenvalue weighted by atomic mass is 9.97. The smallest absolute Gasteiger partial charge is 0.0143 e. The normalized spacial score (nSPS) is 10.5. The van der Waals surface area contributed by atoms with E-state index in [-0.39, 0.29) is 0 Å². The standard InChI is InChI=1S/C17H19/c1-3-7-14-10-12-16(13-11-14)17-9-6-5-8-15(17)4-2/h5-6,8-10,12-13H,3-4,7H2,1-2H3. The summed E-state index contributed by atoms with van der Waals surface area (Å²) in [6.07, 6.45) is 3.38. The van der Waals surface area contributed by atoms with Gasteiger partial charge in [-0.25, -0.2) is 0 Å². The fourth-order valence-electron chi connectivity index (χ4n) is 2.16. The molecule has 0 saturated heterocycles. The lowest BCUT2D eigenvalue weighted by Gasteiger charge is -2.08. The van der Waals surface area contributed by atoms with Gasteiger partial charge in [-0.2, -0.15) is 0 Å². The van der Waals surface area contributed by atoms with Crippen LogP contribution in [0.3, 0.4) is 0 Å². The number of hydrogen-bond acceptors (Lipinski definition) is 0. The zero-order valence-electron chi connectivity index (χ0n) is 10.7. The third-order valence-corrected chi connectivity index (χ3v) is 3.11. The summed E-state index contributed by atoms with van der Waals surface area (Å²) >= 11 is 0. The lowest BCUT2D eigenvalue weighted by Crippen LogP contribution is -1.88. The second kappa shape index (κ2) is 5.67. The van der Waals surface area contributed by atoms with Crippen LogP contribution < -0.4 is 0 Å². The van der Waals surface area contributed by atoms with Crippen molar-refractivity contribution in [3.8, 4) is 11.1 Å². The van der Waals surface area contributed by atoms with Crippen molar-refractivity contribution in [3.63, 3.8) is 0 Å². The summed E-state index contributed by atoms with van der Waals surface area (Å²) in [4.78, 5) is 0. The molecule has 0 saturated carbocycles. The van der Waals surface area contributed by atoms with Gasteiger partial charge in [0, 0.05) is 0 Å².